The maximum Gasteiger partial charge on any atom is 0.514 e. The van der Waals surface area contributed by atoms with Crippen molar-refractivity contribution in [3.63, 3.8) is 0 Å². The number of nitro groups is 1. The van der Waals surface area contributed by atoms with Crippen molar-refractivity contribution in [1.82, 2.24) is 10.6 Å². The number of hydrogen-bond donors (Lipinski definition) is 3. The Bertz CT molecular complexity index is 1390. The monoisotopic (exact) mass is 656 g/mol. The Morgan fingerprint density at radius 3 is 2.02 bits per heavy atom. The van der Waals surface area contributed by atoms with Crippen LogP contribution in [-0.4, -0.2) is 52.5 Å². The molecule has 0 saturated heterocycles. The molecule has 0 unspecified atom stereocenters. The highest BCUT2D eigenvalue weighted by atomic mass is 16.7. The Balaban J connectivity index is 1.75. The molecule has 0 radical (unpaired) electrons. The fourth-order valence-corrected chi connectivity index (χ4v) is 4.11. The van der Waals surface area contributed by atoms with Gasteiger partial charge in [-0.1, -0.05) is 32.4 Å². The zero-order valence-corrected chi connectivity index (χ0v) is 27.6. The molecule has 0 aliphatic heterocycles. The highest BCUT2D eigenvalue weighted by molar-refractivity contribution is 5.98. The number of unbranched alkanes of at least 4 members (excludes halogenated alkanes) is 2. The molecule has 14 nitrogen and oxygen atoms in total. The van der Waals surface area contributed by atoms with E-state index in [1.54, 1.807) is 58.9 Å². The van der Waals surface area contributed by atoms with Crippen molar-refractivity contribution in [2.24, 2.45) is 5.92 Å². The van der Waals surface area contributed by atoms with E-state index in [-0.39, 0.29) is 48.7 Å². The fourth-order valence-electron chi connectivity index (χ4n) is 4.11. The van der Waals surface area contributed by atoms with Gasteiger partial charge in [-0.3, -0.25) is 29.3 Å². The molecule has 2 atom stereocenters. The van der Waals surface area contributed by atoms with Crippen molar-refractivity contribution in [2.45, 2.75) is 97.9 Å². The van der Waals surface area contributed by atoms with Gasteiger partial charge in [0.1, 0.15) is 30.0 Å². The fraction of sp³-hybridized carbons (Fsp3) is 0.485. The van der Waals surface area contributed by atoms with Crippen LogP contribution in [0.15, 0.2) is 48.5 Å². The molecule has 3 N–H and O–H groups in total. The molecule has 0 heterocycles. The van der Waals surface area contributed by atoms with E-state index >= 15 is 0 Å². The van der Waals surface area contributed by atoms with Crippen LogP contribution in [0.3, 0.4) is 0 Å². The average Bonchev–Trinajstić information content (AvgIpc) is 2.98. The van der Waals surface area contributed by atoms with E-state index in [4.69, 9.17) is 14.2 Å². The van der Waals surface area contributed by atoms with Gasteiger partial charge in [-0.2, -0.15) is 0 Å². The molecule has 0 bridgehead atoms. The van der Waals surface area contributed by atoms with Crippen LogP contribution in [0.2, 0.25) is 0 Å². The first-order valence-corrected chi connectivity index (χ1v) is 15.3. The van der Waals surface area contributed by atoms with E-state index in [9.17, 15) is 34.1 Å². The largest absolute Gasteiger partial charge is 0.514 e. The molecular formula is C33H44N4O10. The maximum atomic E-state index is 12.9. The molecule has 14 heteroatoms. The molecule has 2 rings (SSSR count). The number of carbonyl (C=O) groups excluding carboxylic acids is 5. The number of carbonyl (C=O) groups is 5. The predicted octanol–water partition coefficient (Wildman–Crippen LogP) is 5.19. The Kier molecular flexibility index (Phi) is 14.8. The SMILES string of the molecule is CC(C)[C@H](NC(=O)CCCCCC(=O)OC(C)(C)C)C(=O)N[C@@H](C)C(=O)Nc1ccc(COC(=O)Oc2ccc([N+](=O)[O-])cc2)cc1. The van der Waals surface area contributed by atoms with Gasteiger partial charge in [0, 0.05) is 30.7 Å². The lowest BCUT2D eigenvalue weighted by Crippen LogP contribution is -2.53. The van der Waals surface area contributed by atoms with Crippen molar-refractivity contribution in [1.29, 1.82) is 0 Å². The highest BCUT2D eigenvalue weighted by Gasteiger charge is 2.27. The van der Waals surface area contributed by atoms with Gasteiger partial charge in [0.15, 0.2) is 0 Å². The first-order chi connectivity index (χ1) is 22.0. The minimum absolute atomic E-state index is 0.0886. The Hall–Kier alpha value is -5.01. The quantitative estimate of drug-likeness (QED) is 0.0712. The Morgan fingerprint density at radius 1 is 0.830 bits per heavy atom. The molecular weight excluding hydrogens is 612 g/mol. The number of nitrogens with zero attached hydrogens (tertiary/aromatic N) is 1. The number of nitrogens with one attached hydrogen (secondary N) is 3. The van der Waals surface area contributed by atoms with Crippen LogP contribution in [0.5, 0.6) is 5.75 Å². The van der Waals surface area contributed by atoms with Gasteiger partial charge in [0.25, 0.3) is 5.69 Å². The van der Waals surface area contributed by atoms with Crippen LogP contribution in [-0.2, 0) is 35.3 Å². The standard InChI is InChI=1S/C33H44N4O10/c1-21(2)29(36-27(38)10-8-7-9-11-28(39)47-33(4,5)6)31(41)34-22(3)30(40)35-24-14-12-23(13-15-24)20-45-32(42)46-26-18-16-25(17-19-26)37(43)44/h12-19,21-22,29H,7-11,20H2,1-6H3,(H,34,41)(H,35,40)(H,36,38)/t22-,29-/m0/s1. The van der Waals surface area contributed by atoms with Gasteiger partial charge >= 0.3 is 12.1 Å². The summed E-state index contributed by atoms with van der Waals surface area (Å²) in [6.45, 7) is 10.4. The summed E-state index contributed by atoms with van der Waals surface area (Å²) in [5, 5.41) is 18.8. The molecule has 0 aromatic heterocycles. The molecule has 0 spiro atoms. The molecule has 0 aliphatic carbocycles. The smallest absolute Gasteiger partial charge is 0.460 e. The van der Waals surface area contributed by atoms with Crippen molar-refractivity contribution in [2.75, 3.05) is 5.32 Å². The topological polar surface area (TPSA) is 192 Å². The molecule has 256 valence electrons. The van der Waals surface area contributed by atoms with E-state index in [2.05, 4.69) is 16.0 Å². The highest BCUT2D eigenvalue weighted by Crippen LogP contribution is 2.18. The zero-order valence-electron chi connectivity index (χ0n) is 27.6. The van der Waals surface area contributed by atoms with Gasteiger partial charge in [-0.15, -0.1) is 0 Å². The summed E-state index contributed by atoms with van der Waals surface area (Å²) in [5.41, 5.74) is 0.361. The minimum atomic E-state index is -0.994. The Labute approximate surface area is 274 Å². The Morgan fingerprint density at radius 2 is 1.45 bits per heavy atom. The third-order valence-corrected chi connectivity index (χ3v) is 6.55. The summed E-state index contributed by atoms with van der Waals surface area (Å²) in [5.74, 6) is -1.69. The van der Waals surface area contributed by atoms with Crippen LogP contribution in [0.4, 0.5) is 16.2 Å². The second kappa shape index (κ2) is 18.2. The van der Waals surface area contributed by atoms with Crippen LogP contribution in [0, 0.1) is 16.0 Å². The zero-order chi connectivity index (χ0) is 35.1. The van der Waals surface area contributed by atoms with Crippen LogP contribution in [0.1, 0.15) is 79.2 Å². The number of nitro benzene ring substituents is 1. The number of non-ortho nitro benzene ring substituents is 1. The molecule has 0 saturated carbocycles. The van der Waals surface area contributed by atoms with Crippen molar-refractivity contribution in [3.05, 3.63) is 64.2 Å². The van der Waals surface area contributed by atoms with E-state index in [1.165, 1.54) is 31.2 Å². The number of benzene rings is 2. The molecule has 47 heavy (non-hydrogen) atoms. The number of amides is 3. The first-order valence-electron chi connectivity index (χ1n) is 15.3. The summed E-state index contributed by atoms with van der Waals surface area (Å²) < 4.78 is 15.3. The average molecular weight is 657 g/mol. The molecule has 2 aromatic rings. The van der Waals surface area contributed by atoms with Crippen LogP contribution < -0.4 is 20.7 Å². The third kappa shape index (κ3) is 14.8. The van der Waals surface area contributed by atoms with Gasteiger partial charge in [-0.25, -0.2) is 4.79 Å². The number of esters is 1. The van der Waals surface area contributed by atoms with Crippen LogP contribution >= 0.6 is 0 Å². The number of ether oxygens (including phenoxy) is 3. The summed E-state index contributed by atoms with van der Waals surface area (Å²) >= 11 is 0. The third-order valence-electron chi connectivity index (χ3n) is 6.55. The maximum absolute atomic E-state index is 12.9. The molecule has 3 amide bonds. The number of anilines is 1. The van der Waals surface area contributed by atoms with Crippen molar-refractivity contribution < 1.29 is 43.1 Å². The normalized spacial score (nSPS) is 12.3. The number of hydrogen-bond acceptors (Lipinski definition) is 10. The second-order valence-corrected chi connectivity index (χ2v) is 12.2. The van der Waals surface area contributed by atoms with Gasteiger partial charge in [0.2, 0.25) is 17.7 Å². The van der Waals surface area contributed by atoms with Crippen molar-refractivity contribution in [3.8, 4) is 5.75 Å². The summed E-state index contributed by atoms with van der Waals surface area (Å²) in [6, 6.07) is 9.64. The lowest BCUT2D eigenvalue weighted by molar-refractivity contribution is -0.384. The molecule has 0 fully saturated rings. The van der Waals surface area contributed by atoms with Gasteiger partial charge in [0.05, 0.1) is 4.92 Å². The van der Waals surface area contributed by atoms with E-state index in [1.807, 2.05) is 0 Å². The summed E-state index contributed by atoms with van der Waals surface area (Å²) in [7, 11) is 0. The van der Waals surface area contributed by atoms with E-state index < -0.39 is 40.6 Å². The van der Waals surface area contributed by atoms with Gasteiger partial charge in [-0.05, 0) is 76.3 Å². The lowest BCUT2D eigenvalue weighted by Gasteiger charge is -2.24. The molecule has 0 aliphatic rings. The minimum Gasteiger partial charge on any atom is -0.460 e. The summed E-state index contributed by atoms with van der Waals surface area (Å²) in [6.07, 6.45) is 1.29. The van der Waals surface area contributed by atoms with Crippen LogP contribution in [0.25, 0.3) is 0 Å². The lowest BCUT2D eigenvalue weighted by atomic mass is 10.0. The van der Waals surface area contributed by atoms with E-state index in [0.29, 0.717) is 30.5 Å². The van der Waals surface area contributed by atoms with E-state index in [0.717, 1.165) is 0 Å². The predicted molar refractivity (Wildman–Crippen MR) is 172 cm³/mol. The molecule has 2 aromatic carbocycles. The second-order valence-electron chi connectivity index (χ2n) is 12.2. The summed E-state index contributed by atoms with van der Waals surface area (Å²) in [4.78, 5) is 72.1. The number of rotatable bonds is 16. The van der Waals surface area contributed by atoms with Crippen molar-refractivity contribution >= 4 is 41.2 Å². The van der Waals surface area contributed by atoms with Gasteiger partial charge < -0.3 is 30.2 Å². The first kappa shape index (κ1) is 38.2.